The highest BCUT2D eigenvalue weighted by molar-refractivity contribution is 7.18. The van der Waals surface area contributed by atoms with Gasteiger partial charge in [-0.05, 0) is 80.1 Å². The van der Waals surface area contributed by atoms with Crippen molar-refractivity contribution in [1.82, 2.24) is 9.88 Å². The molecule has 0 bridgehead atoms. The molecule has 0 saturated carbocycles. The molecule has 0 saturated heterocycles. The molecule has 7 nitrogen and oxygen atoms in total. The number of nitrogens with zero attached hydrogens (tertiary/aromatic N) is 3. The predicted octanol–water partition coefficient (Wildman–Crippen LogP) is 8.63. The van der Waals surface area contributed by atoms with Crippen LogP contribution in [0.5, 0.6) is 5.75 Å². The second-order valence-corrected chi connectivity index (χ2v) is 13.1. The largest absolute Gasteiger partial charge is 0.490 e. The van der Waals surface area contributed by atoms with E-state index in [1.54, 1.807) is 35.5 Å². The van der Waals surface area contributed by atoms with Crippen LogP contribution in [0.1, 0.15) is 37.5 Å². The van der Waals surface area contributed by atoms with Gasteiger partial charge in [0.1, 0.15) is 23.8 Å². The number of fused-ring (bicyclic) bond motifs is 2. The smallest absolute Gasteiger partial charge is 0.410 e. The van der Waals surface area contributed by atoms with Crippen molar-refractivity contribution >= 4 is 27.5 Å². The quantitative estimate of drug-likeness (QED) is 0.167. The average molecular weight is 636 g/mol. The molecule has 1 amide bonds. The van der Waals surface area contributed by atoms with E-state index in [0.29, 0.717) is 48.7 Å². The lowest BCUT2D eigenvalue weighted by molar-refractivity contribution is 0.0224. The van der Waals surface area contributed by atoms with E-state index in [4.69, 9.17) is 19.2 Å². The summed E-state index contributed by atoms with van der Waals surface area (Å²) in [6, 6.07) is 22.4. The van der Waals surface area contributed by atoms with Crippen LogP contribution in [0.3, 0.4) is 0 Å². The molecule has 6 rings (SSSR count). The number of hydrogen-bond acceptors (Lipinski definition) is 7. The standard InChI is InChI=1S/C37H34FN3O4S/c1-37(2,3)45-36(42)41-14-12-24-19-26(8-9-27(24)22-41)33-30-13-17-46-35(30)32(34(40-33)25-7-5-6-23(18-25)21-39)29-11-10-28(38)20-31(29)44-16-15-43-4/h5-11,13,17-20H,12,14-16,22H2,1-4H3. The summed E-state index contributed by atoms with van der Waals surface area (Å²) in [6.45, 7) is 7.26. The van der Waals surface area contributed by atoms with Crippen molar-refractivity contribution < 1.29 is 23.4 Å². The minimum Gasteiger partial charge on any atom is -0.490 e. The molecule has 0 spiro atoms. The number of hydrogen-bond donors (Lipinski definition) is 0. The van der Waals surface area contributed by atoms with Crippen molar-refractivity contribution in [2.45, 2.75) is 39.3 Å². The first kappa shape index (κ1) is 31.2. The van der Waals surface area contributed by atoms with Crippen LogP contribution >= 0.6 is 11.3 Å². The lowest BCUT2D eigenvalue weighted by Gasteiger charge is -2.31. The number of aromatic nitrogens is 1. The molecule has 0 aliphatic carbocycles. The number of methoxy groups -OCH3 is 1. The molecule has 0 N–H and O–H groups in total. The van der Waals surface area contributed by atoms with Crippen LogP contribution in [0.15, 0.2) is 72.1 Å². The first-order valence-corrected chi connectivity index (χ1v) is 16.0. The molecule has 5 aromatic rings. The van der Waals surface area contributed by atoms with Gasteiger partial charge in [0.05, 0.1) is 29.6 Å². The first-order valence-electron chi connectivity index (χ1n) is 15.1. The second kappa shape index (κ2) is 12.9. The van der Waals surface area contributed by atoms with Crippen molar-refractivity contribution in [1.29, 1.82) is 5.26 Å². The number of amides is 1. The van der Waals surface area contributed by atoms with Crippen LogP contribution in [0, 0.1) is 17.1 Å². The molecule has 234 valence electrons. The van der Waals surface area contributed by atoms with Gasteiger partial charge in [0.2, 0.25) is 0 Å². The van der Waals surface area contributed by atoms with Gasteiger partial charge < -0.3 is 19.1 Å². The van der Waals surface area contributed by atoms with Crippen molar-refractivity contribution in [3.05, 3.63) is 94.6 Å². The van der Waals surface area contributed by atoms with Crippen LogP contribution in [-0.4, -0.2) is 48.4 Å². The average Bonchev–Trinajstić information content (AvgIpc) is 3.53. The Morgan fingerprint density at radius 2 is 1.85 bits per heavy atom. The monoisotopic (exact) mass is 635 g/mol. The van der Waals surface area contributed by atoms with Crippen molar-refractivity contribution in [3.8, 4) is 45.5 Å². The van der Waals surface area contributed by atoms with Crippen LogP contribution in [0.25, 0.3) is 43.7 Å². The molecule has 1 aliphatic heterocycles. The molecular formula is C37H34FN3O4S. The van der Waals surface area contributed by atoms with E-state index in [9.17, 15) is 14.4 Å². The summed E-state index contributed by atoms with van der Waals surface area (Å²) in [5.74, 6) is -0.0159. The van der Waals surface area contributed by atoms with E-state index < -0.39 is 11.4 Å². The number of pyridine rings is 1. The van der Waals surface area contributed by atoms with E-state index in [2.05, 4.69) is 24.3 Å². The van der Waals surface area contributed by atoms with Gasteiger partial charge in [0.15, 0.2) is 0 Å². The molecule has 0 fully saturated rings. The molecule has 3 heterocycles. The van der Waals surface area contributed by atoms with Crippen LogP contribution < -0.4 is 4.74 Å². The predicted molar refractivity (Wildman–Crippen MR) is 178 cm³/mol. The molecule has 46 heavy (non-hydrogen) atoms. The Kier molecular flexibility index (Phi) is 8.76. The van der Waals surface area contributed by atoms with Crippen molar-refractivity contribution in [2.24, 2.45) is 0 Å². The van der Waals surface area contributed by atoms with E-state index in [1.807, 2.05) is 50.4 Å². The Hall–Kier alpha value is -4.78. The van der Waals surface area contributed by atoms with E-state index in [-0.39, 0.29) is 12.7 Å². The number of nitriles is 1. The molecule has 2 aromatic heterocycles. The second-order valence-electron chi connectivity index (χ2n) is 12.2. The highest BCUT2D eigenvalue weighted by atomic mass is 32.1. The number of halogens is 1. The van der Waals surface area contributed by atoms with Crippen LogP contribution in [0.4, 0.5) is 9.18 Å². The Labute approximate surface area is 271 Å². The lowest BCUT2D eigenvalue weighted by Crippen LogP contribution is -2.39. The number of carbonyl (C=O) groups is 1. The van der Waals surface area contributed by atoms with E-state index in [1.165, 1.54) is 12.1 Å². The number of carbonyl (C=O) groups excluding carboxylic acids is 1. The SMILES string of the molecule is COCCOc1cc(F)ccc1-c1c(-c2cccc(C#N)c2)nc(-c2ccc3c(c2)CCN(C(=O)OC(C)(C)C)C3)c2ccsc12. The normalized spacial score (nSPS) is 12.9. The number of thiophene rings is 1. The van der Waals surface area contributed by atoms with Gasteiger partial charge in [0.25, 0.3) is 0 Å². The summed E-state index contributed by atoms with van der Waals surface area (Å²) < 4.78 is 32.3. The van der Waals surface area contributed by atoms with Gasteiger partial charge in [-0.1, -0.05) is 24.3 Å². The Morgan fingerprint density at radius 1 is 1.02 bits per heavy atom. The molecule has 3 aromatic carbocycles. The third-order valence-corrected chi connectivity index (χ3v) is 8.71. The summed E-state index contributed by atoms with van der Waals surface area (Å²) >= 11 is 1.58. The fourth-order valence-corrected chi connectivity index (χ4v) is 6.64. The Balaban J connectivity index is 1.49. The van der Waals surface area contributed by atoms with Crippen molar-refractivity contribution in [2.75, 3.05) is 26.9 Å². The number of rotatable bonds is 7. The third-order valence-electron chi connectivity index (χ3n) is 7.77. The minimum atomic E-state index is -0.555. The molecular weight excluding hydrogens is 601 g/mol. The van der Waals surface area contributed by atoms with Gasteiger partial charge in [-0.2, -0.15) is 5.26 Å². The molecule has 1 aliphatic rings. The Morgan fingerprint density at radius 3 is 2.63 bits per heavy atom. The minimum absolute atomic E-state index is 0.256. The van der Waals surface area contributed by atoms with Gasteiger partial charge in [-0.25, -0.2) is 14.2 Å². The maximum atomic E-state index is 14.5. The zero-order valence-electron chi connectivity index (χ0n) is 26.2. The maximum Gasteiger partial charge on any atom is 0.410 e. The molecule has 0 unspecified atom stereocenters. The number of ether oxygens (including phenoxy) is 3. The molecule has 0 atom stereocenters. The summed E-state index contributed by atoms with van der Waals surface area (Å²) in [5.41, 5.74) is 6.89. The van der Waals surface area contributed by atoms with Crippen molar-refractivity contribution in [3.63, 3.8) is 0 Å². The van der Waals surface area contributed by atoms with Crippen LogP contribution in [-0.2, 0) is 22.4 Å². The van der Waals surface area contributed by atoms with Gasteiger partial charge in [0, 0.05) is 58.6 Å². The van der Waals surface area contributed by atoms with E-state index in [0.717, 1.165) is 43.6 Å². The summed E-state index contributed by atoms with van der Waals surface area (Å²) in [4.78, 5) is 19.8. The zero-order chi connectivity index (χ0) is 32.4. The first-order chi connectivity index (χ1) is 22.1. The molecule has 9 heteroatoms. The fraction of sp³-hybridized carbons (Fsp3) is 0.270. The highest BCUT2D eigenvalue weighted by Gasteiger charge is 2.27. The molecule has 0 radical (unpaired) electrons. The topological polar surface area (TPSA) is 84.7 Å². The van der Waals surface area contributed by atoms with Gasteiger partial charge in [-0.15, -0.1) is 11.3 Å². The summed E-state index contributed by atoms with van der Waals surface area (Å²) in [5, 5.41) is 12.7. The van der Waals surface area contributed by atoms with E-state index >= 15 is 0 Å². The third kappa shape index (κ3) is 6.45. The summed E-state index contributed by atoms with van der Waals surface area (Å²) in [6.07, 6.45) is 0.386. The highest BCUT2D eigenvalue weighted by Crippen LogP contribution is 2.46. The van der Waals surface area contributed by atoms with Gasteiger partial charge >= 0.3 is 6.09 Å². The van der Waals surface area contributed by atoms with Gasteiger partial charge in [-0.3, -0.25) is 0 Å². The summed E-state index contributed by atoms with van der Waals surface area (Å²) in [7, 11) is 1.59. The van der Waals surface area contributed by atoms with Crippen LogP contribution in [0.2, 0.25) is 0 Å². The fourth-order valence-electron chi connectivity index (χ4n) is 5.68. The number of benzene rings is 3. The maximum absolute atomic E-state index is 14.5. The lowest BCUT2D eigenvalue weighted by atomic mass is 9.92. The zero-order valence-corrected chi connectivity index (χ0v) is 27.0. The Bertz CT molecular complexity index is 1970.